The second-order valence-corrected chi connectivity index (χ2v) is 8.86. The maximum atomic E-state index is 10.3. The van der Waals surface area contributed by atoms with Crippen LogP contribution >= 0.6 is 0 Å². The van der Waals surface area contributed by atoms with E-state index in [1.54, 1.807) is 0 Å². The Hall–Kier alpha value is -2.37. The Morgan fingerprint density at radius 2 is 0.694 bits per heavy atom. The molecule has 0 aliphatic heterocycles. The molecule has 0 heterocycles. The summed E-state index contributed by atoms with van der Waals surface area (Å²) in [6, 6.07) is 0. The molecule has 0 spiro atoms. The molecule has 0 aliphatic rings. The highest BCUT2D eigenvalue weighted by Crippen LogP contribution is 2.10. The van der Waals surface area contributed by atoms with Crippen molar-refractivity contribution in [3.8, 4) is 0 Å². The molecule has 0 aromatic rings. The van der Waals surface area contributed by atoms with Gasteiger partial charge in [-0.05, 0) is 57.8 Å². The molecule has 0 amide bonds. The summed E-state index contributed by atoms with van der Waals surface area (Å²) in [6.45, 7) is 9.64. The van der Waals surface area contributed by atoms with E-state index in [0.29, 0.717) is 19.3 Å². The monoisotopic (exact) mass is 510 g/mol. The lowest BCUT2D eigenvalue weighted by Gasteiger charge is -1.99. The third-order valence-electron chi connectivity index (χ3n) is 5.49. The lowest BCUT2D eigenvalue weighted by atomic mass is 10.1. The van der Waals surface area contributed by atoms with Crippen molar-refractivity contribution in [2.24, 2.45) is 0 Å². The van der Waals surface area contributed by atoms with E-state index in [4.69, 9.17) is 15.3 Å². The summed E-state index contributed by atoms with van der Waals surface area (Å²) in [4.78, 5) is 30.8. The average Bonchev–Trinajstić information content (AvgIpc) is 2.84. The Morgan fingerprint density at radius 3 is 0.972 bits per heavy atom. The van der Waals surface area contributed by atoms with Crippen molar-refractivity contribution in [2.45, 2.75) is 135 Å². The topological polar surface area (TPSA) is 112 Å². The zero-order valence-electron chi connectivity index (χ0n) is 22.8. The van der Waals surface area contributed by atoms with E-state index in [1.165, 1.54) is 38.5 Å². The molecule has 0 aliphatic carbocycles. The first kappa shape index (κ1) is 38.2. The predicted molar refractivity (Wildman–Crippen MR) is 150 cm³/mol. The van der Waals surface area contributed by atoms with Crippen LogP contribution in [0, 0.1) is 0 Å². The highest BCUT2D eigenvalue weighted by Gasteiger charge is 1.97. The van der Waals surface area contributed by atoms with Crippen molar-refractivity contribution in [3.63, 3.8) is 0 Å². The minimum Gasteiger partial charge on any atom is -0.481 e. The molecule has 0 atom stereocenters. The Kier molecular flexibility index (Phi) is 36.9. The van der Waals surface area contributed by atoms with Crippen molar-refractivity contribution in [1.29, 1.82) is 0 Å². The van der Waals surface area contributed by atoms with Crippen LogP contribution in [0.2, 0.25) is 0 Å². The Balaban J connectivity index is -0.000000656. The van der Waals surface area contributed by atoms with E-state index < -0.39 is 17.9 Å². The zero-order valence-corrected chi connectivity index (χ0v) is 22.8. The molecule has 0 aromatic heterocycles. The Bertz CT molecular complexity index is 512. The van der Waals surface area contributed by atoms with E-state index in [1.807, 2.05) is 6.08 Å². The number of aliphatic carboxylic acids is 3. The lowest BCUT2D eigenvalue weighted by Crippen LogP contribution is -1.93. The highest BCUT2D eigenvalue weighted by atomic mass is 16.4. The van der Waals surface area contributed by atoms with Gasteiger partial charge in [0.15, 0.2) is 0 Å². The number of carboxylic acids is 3. The van der Waals surface area contributed by atoms with E-state index in [2.05, 4.69) is 31.9 Å². The van der Waals surface area contributed by atoms with Crippen molar-refractivity contribution in [3.05, 3.63) is 38.0 Å². The van der Waals surface area contributed by atoms with Gasteiger partial charge in [-0.15, -0.1) is 19.7 Å². The van der Waals surface area contributed by atoms with Crippen LogP contribution in [0.4, 0.5) is 0 Å². The molecule has 6 nitrogen and oxygen atoms in total. The van der Waals surface area contributed by atoms with Gasteiger partial charge in [0, 0.05) is 19.3 Å². The van der Waals surface area contributed by atoms with Gasteiger partial charge in [-0.3, -0.25) is 14.4 Å². The van der Waals surface area contributed by atoms with Gasteiger partial charge in [0.05, 0.1) is 0 Å². The molecule has 210 valence electrons. The van der Waals surface area contributed by atoms with Crippen molar-refractivity contribution in [1.82, 2.24) is 0 Å². The van der Waals surface area contributed by atoms with Crippen molar-refractivity contribution in [2.75, 3.05) is 0 Å². The predicted octanol–water partition coefficient (Wildman–Crippen LogP) is 8.96. The first-order chi connectivity index (χ1) is 17.4. The minimum atomic E-state index is -0.690. The summed E-state index contributed by atoms with van der Waals surface area (Å²) in [6.07, 6.45) is 26.8. The molecular formula is C30H54O6. The molecule has 0 aromatic carbocycles. The largest absolute Gasteiger partial charge is 0.481 e. The SMILES string of the molecule is C=C.C=CCCCCCCCC(=O)O.O=C(O)CCCCCCC/C=C\CCCCCCCC(=O)O. The summed E-state index contributed by atoms with van der Waals surface area (Å²) in [7, 11) is 0. The van der Waals surface area contributed by atoms with E-state index >= 15 is 0 Å². The Morgan fingerprint density at radius 1 is 0.444 bits per heavy atom. The second kappa shape index (κ2) is 34.8. The van der Waals surface area contributed by atoms with Crippen molar-refractivity contribution < 1.29 is 29.7 Å². The van der Waals surface area contributed by atoms with Crippen LogP contribution in [0.25, 0.3) is 0 Å². The van der Waals surface area contributed by atoms with Crippen LogP contribution in [0.3, 0.4) is 0 Å². The third-order valence-corrected chi connectivity index (χ3v) is 5.49. The van der Waals surface area contributed by atoms with Gasteiger partial charge < -0.3 is 15.3 Å². The van der Waals surface area contributed by atoms with Gasteiger partial charge in [-0.25, -0.2) is 0 Å². The molecular weight excluding hydrogens is 456 g/mol. The molecule has 0 unspecified atom stereocenters. The minimum absolute atomic E-state index is 0.302. The highest BCUT2D eigenvalue weighted by molar-refractivity contribution is 5.67. The second-order valence-electron chi connectivity index (χ2n) is 8.86. The van der Waals surface area contributed by atoms with Gasteiger partial charge in [-0.2, -0.15) is 0 Å². The number of unbranched alkanes of at least 4 members (excludes halogenated alkanes) is 15. The lowest BCUT2D eigenvalue weighted by molar-refractivity contribution is -0.138. The maximum Gasteiger partial charge on any atom is 0.303 e. The van der Waals surface area contributed by atoms with E-state index in [9.17, 15) is 14.4 Å². The normalized spacial score (nSPS) is 10.1. The summed E-state index contributed by atoms with van der Waals surface area (Å²) in [5, 5.41) is 25.4. The number of hydrogen-bond donors (Lipinski definition) is 3. The molecule has 0 fully saturated rings. The van der Waals surface area contributed by atoms with Crippen LogP contribution in [-0.4, -0.2) is 33.2 Å². The van der Waals surface area contributed by atoms with Crippen LogP contribution in [0.1, 0.15) is 135 Å². The molecule has 0 saturated heterocycles. The standard InChI is InChI=1S/C18H32O4.C10H18O2.C2H4/c19-17(20)15-13-11-9-7-5-3-1-2-4-6-8-10-12-14-16-18(21)22;1-2-3-4-5-6-7-8-9-10(11)12;1-2/h1-2H,3-16H2,(H,19,20)(H,21,22);2H,1,3-9H2,(H,11,12);1-2H2/b2-1-;;. The molecule has 0 bridgehead atoms. The van der Waals surface area contributed by atoms with Gasteiger partial charge >= 0.3 is 17.9 Å². The number of carboxylic acid groups (broad SMARTS) is 3. The first-order valence-electron chi connectivity index (χ1n) is 13.8. The number of carbonyl (C=O) groups is 3. The van der Waals surface area contributed by atoms with E-state index in [0.717, 1.165) is 77.0 Å². The van der Waals surface area contributed by atoms with Crippen LogP contribution in [-0.2, 0) is 14.4 Å². The molecule has 3 N–H and O–H groups in total. The summed E-state index contributed by atoms with van der Waals surface area (Å²) < 4.78 is 0. The quantitative estimate of drug-likeness (QED) is 0.0882. The molecule has 6 heteroatoms. The summed E-state index contributed by atoms with van der Waals surface area (Å²) in [5.74, 6) is -2.06. The Labute approximate surface area is 220 Å². The number of rotatable bonds is 24. The van der Waals surface area contributed by atoms with Crippen LogP contribution in [0.5, 0.6) is 0 Å². The smallest absolute Gasteiger partial charge is 0.303 e. The van der Waals surface area contributed by atoms with E-state index in [-0.39, 0.29) is 0 Å². The molecule has 0 rings (SSSR count). The van der Waals surface area contributed by atoms with Crippen LogP contribution < -0.4 is 0 Å². The number of hydrogen-bond acceptors (Lipinski definition) is 3. The van der Waals surface area contributed by atoms with Gasteiger partial charge in [0.2, 0.25) is 0 Å². The van der Waals surface area contributed by atoms with Gasteiger partial charge in [0.25, 0.3) is 0 Å². The third kappa shape index (κ3) is 45.2. The fourth-order valence-electron chi connectivity index (χ4n) is 3.47. The molecule has 36 heavy (non-hydrogen) atoms. The number of allylic oxidation sites excluding steroid dienone is 3. The molecule has 0 saturated carbocycles. The fraction of sp³-hybridized carbons (Fsp3) is 0.700. The molecule has 0 radical (unpaired) electrons. The zero-order chi connectivity index (χ0) is 27.7. The van der Waals surface area contributed by atoms with Gasteiger partial charge in [0.1, 0.15) is 0 Å². The summed E-state index contributed by atoms with van der Waals surface area (Å²) >= 11 is 0. The average molecular weight is 511 g/mol. The first-order valence-corrected chi connectivity index (χ1v) is 13.8. The van der Waals surface area contributed by atoms with Gasteiger partial charge in [-0.1, -0.05) is 76.0 Å². The fourth-order valence-corrected chi connectivity index (χ4v) is 3.47. The maximum absolute atomic E-state index is 10.3. The van der Waals surface area contributed by atoms with Crippen LogP contribution in [0.15, 0.2) is 38.0 Å². The van der Waals surface area contributed by atoms with Crippen molar-refractivity contribution >= 4 is 17.9 Å². The summed E-state index contributed by atoms with van der Waals surface area (Å²) in [5.41, 5.74) is 0.